The molecule has 3 rings (SSSR count). The van der Waals surface area contributed by atoms with E-state index in [4.69, 9.17) is 10.8 Å². The van der Waals surface area contributed by atoms with Crippen LogP contribution >= 0.6 is 0 Å². The second-order valence-electron chi connectivity index (χ2n) is 6.23. The molecule has 21 heavy (non-hydrogen) atoms. The monoisotopic (exact) mass is 287 g/mol. The first kappa shape index (κ1) is 14.2. The molecule has 0 spiro atoms. The number of anilines is 1. The molecule has 1 fully saturated rings. The summed E-state index contributed by atoms with van der Waals surface area (Å²) in [5.74, 6) is 0. The van der Waals surface area contributed by atoms with E-state index in [2.05, 4.69) is 16.7 Å². The van der Waals surface area contributed by atoms with E-state index in [1.54, 1.807) is 0 Å². The van der Waals surface area contributed by atoms with Crippen molar-refractivity contribution in [1.82, 2.24) is 19.6 Å². The van der Waals surface area contributed by atoms with Gasteiger partial charge in [-0.05, 0) is 26.7 Å². The predicted molar refractivity (Wildman–Crippen MR) is 85.1 cm³/mol. The van der Waals surface area contributed by atoms with Gasteiger partial charge in [0.2, 0.25) is 0 Å². The molecule has 0 aromatic carbocycles. The number of nitrogens with two attached hydrogens (primary N) is 1. The second kappa shape index (κ2) is 5.54. The fourth-order valence-corrected chi connectivity index (χ4v) is 3.43. The SMILES string of the molecule is Cc1nn(C)c(C)c1-c1nn(C2CCCCCC2)cc1N. The van der Waals surface area contributed by atoms with E-state index in [-0.39, 0.29) is 0 Å². The Kier molecular flexibility index (Phi) is 3.74. The first-order valence-corrected chi connectivity index (χ1v) is 7.93. The van der Waals surface area contributed by atoms with Gasteiger partial charge in [-0.15, -0.1) is 0 Å². The number of aromatic nitrogens is 4. The fourth-order valence-electron chi connectivity index (χ4n) is 3.43. The molecule has 2 heterocycles. The number of hydrogen-bond donors (Lipinski definition) is 1. The van der Waals surface area contributed by atoms with Crippen molar-refractivity contribution < 1.29 is 0 Å². The minimum atomic E-state index is 0.501. The quantitative estimate of drug-likeness (QED) is 0.861. The lowest BCUT2D eigenvalue weighted by atomic mass is 10.1. The molecule has 2 aromatic rings. The summed E-state index contributed by atoms with van der Waals surface area (Å²) in [6.07, 6.45) is 9.73. The minimum Gasteiger partial charge on any atom is -0.396 e. The van der Waals surface area contributed by atoms with Gasteiger partial charge in [-0.1, -0.05) is 25.7 Å². The minimum absolute atomic E-state index is 0.501. The van der Waals surface area contributed by atoms with E-state index in [1.807, 2.05) is 24.9 Å². The summed E-state index contributed by atoms with van der Waals surface area (Å²) in [6, 6.07) is 0.501. The average molecular weight is 287 g/mol. The molecule has 0 unspecified atom stereocenters. The van der Waals surface area contributed by atoms with E-state index in [0.29, 0.717) is 6.04 Å². The fraction of sp³-hybridized carbons (Fsp3) is 0.625. The zero-order chi connectivity index (χ0) is 15.0. The first-order valence-electron chi connectivity index (χ1n) is 7.93. The van der Waals surface area contributed by atoms with Crippen molar-refractivity contribution in [1.29, 1.82) is 0 Å². The molecule has 1 saturated carbocycles. The van der Waals surface area contributed by atoms with Crippen LogP contribution in [0.3, 0.4) is 0 Å². The van der Waals surface area contributed by atoms with Crippen molar-refractivity contribution in [2.24, 2.45) is 7.05 Å². The standard InChI is InChI=1S/C16H25N5/c1-11-15(12(2)20(3)18-11)16-14(17)10-21(19-16)13-8-6-4-5-7-9-13/h10,13H,4-9,17H2,1-3H3. The highest BCUT2D eigenvalue weighted by molar-refractivity contribution is 5.75. The van der Waals surface area contributed by atoms with Crippen LogP contribution in [0.25, 0.3) is 11.3 Å². The van der Waals surface area contributed by atoms with Gasteiger partial charge in [0.05, 0.1) is 17.4 Å². The van der Waals surface area contributed by atoms with Crippen molar-refractivity contribution in [3.05, 3.63) is 17.6 Å². The lowest BCUT2D eigenvalue weighted by Gasteiger charge is -2.14. The Bertz CT molecular complexity index is 629. The van der Waals surface area contributed by atoms with Gasteiger partial charge < -0.3 is 5.73 Å². The van der Waals surface area contributed by atoms with Crippen molar-refractivity contribution in [2.45, 2.75) is 58.4 Å². The highest BCUT2D eigenvalue weighted by Crippen LogP contribution is 2.33. The van der Waals surface area contributed by atoms with Crippen LogP contribution in [0.4, 0.5) is 5.69 Å². The van der Waals surface area contributed by atoms with Gasteiger partial charge in [0, 0.05) is 24.5 Å². The van der Waals surface area contributed by atoms with Crippen LogP contribution in [-0.2, 0) is 7.05 Å². The Labute approximate surface area is 126 Å². The van der Waals surface area contributed by atoms with E-state index in [0.717, 1.165) is 28.3 Å². The van der Waals surface area contributed by atoms with Gasteiger partial charge >= 0.3 is 0 Å². The summed E-state index contributed by atoms with van der Waals surface area (Å²) in [7, 11) is 1.96. The first-order chi connectivity index (χ1) is 10.1. The van der Waals surface area contributed by atoms with Crippen LogP contribution in [0, 0.1) is 13.8 Å². The Morgan fingerprint density at radius 3 is 2.33 bits per heavy atom. The largest absolute Gasteiger partial charge is 0.396 e. The van der Waals surface area contributed by atoms with Crippen molar-refractivity contribution in [3.8, 4) is 11.3 Å². The number of nitrogens with zero attached hydrogens (tertiary/aromatic N) is 4. The summed E-state index contributed by atoms with van der Waals surface area (Å²) in [4.78, 5) is 0. The van der Waals surface area contributed by atoms with Gasteiger partial charge in [-0.3, -0.25) is 9.36 Å². The molecule has 0 atom stereocenters. The average Bonchev–Trinajstić information content (AvgIpc) is 2.81. The molecule has 114 valence electrons. The van der Waals surface area contributed by atoms with E-state index < -0.39 is 0 Å². The molecule has 2 aromatic heterocycles. The van der Waals surface area contributed by atoms with E-state index >= 15 is 0 Å². The maximum Gasteiger partial charge on any atom is 0.119 e. The third-order valence-electron chi connectivity index (χ3n) is 4.70. The van der Waals surface area contributed by atoms with Crippen LogP contribution in [0.5, 0.6) is 0 Å². The topological polar surface area (TPSA) is 61.7 Å². The number of nitrogen functional groups attached to an aromatic ring is 1. The van der Waals surface area contributed by atoms with Gasteiger partial charge in [0.1, 0.15) is 5.69 Å². The molecule has 2 N–H and O–H groups in total. The van der Waals surface area contributed by atoms with E-state index in [1.165, 1.54) is 38.5 Å². The Morgan fingerprint density at radius 2 is 1.76 bits per heavy atom. The highest BCUT2D eigenvalue weighted by Gasteiger charge is 2.21. The van der Waals surface area contributed by atoms with Gasteiger partial charge in [0.15, 0.2) is 0 Å². The summed E-state index contributed by atoms with van der Waals surface area (Å²) in [5.41, 5.74) is 11.1. The van der Waals surface area contributed by atoms with Crippen LogP contribution in [0.2, 0.25) is 0 Å². The molecule has 5 heteroatoms. The van der Waals surface area contributed by atoms with Crippen LogP contribution in [-0.4, -0.2) is 19.6 Å². The third kappa shape index (κ3) is 2.57. The molecule has 1 aliphatic rings. The summed E-state index contributed by atoms with van der Waals surface area (Å²) >= 11 is 0. The van der Waals surface area contributed by atoms with Gasteiger partial charge in [0.25, 0.3) is 0 Å². The van der Waals surface area contributed by atoms with Crippen molar-refractivity contribution in [2.75, 3.05) is 5.73 Å². The van der Waals surface area contributed by atoms with Crippen LogP contribution in [0.15, 0.2) is 6.20 Å². The zero-order valence-electron chi connectivity index (χ0n) is 13.3. The lowest BCUT2D eigenvalue weighted by Crippen LogP contribution is -2.08. The molecule has 0 amide bonds. The second-order valence-corrected chi connectivity index (χ2v) is 6.23. The Hall–Kier alpha value is -1.78. The Balaban J connectivity index is 1.97. The summed E-state index contributed by atoms with van der Waals surface area (Å²) in [5, 5.41) is 9.30. The zero-order valence-corrected chi connectivity index (χ0v) is 13.3. The smallest absolute Gasteiger partial charge is 0.119 e. The van der Waals surface area contributed by atoms with Crippen molar-refractivity contribution >= 4 is 5.69 Å². The molecule has 0 aliphatic heterocycles. The van der Waals surface area contributed by atoms with Crippen LogP contribution < -0.4 is 5.73 Å². The molecule has 5 nitrogen and oxygen atoms in total. The summed E-state index contributed by atoms with van der Waals surface area (Å²) in [6.45, 7) is 4.09. The predicted octanol–water partition coefficient (Wildman–Crippen LogP) is 3.38. The van der Waals surface area contributed by atoms with Gasteiger partial charge in [-0.25, -0.2) is 0 Å². The van der Waals surface area contributed by atoms with E-state index in [9.17, 15) is 0 Å². The number of hydrogen-bond acceptors (Lipinski definition) is 3. The lowest BCUT2D eigenvalue weighted by molar-refractivity contribution is 0.406. The highest BCUT2D eigenvalue weighted by atomic mass is 15.3. The maximum absolute atomic E-state index is 6.25. The van der Waals surface area contributed by atoms with Crippen molar-refractivity contribution in [3.63, 3.8) is 0 Å². The molecule has 0 bridgehead atoms. The molecule has 0 radical (unpaired) electrons. The van der Waals surface area contributed by atoms with Crippen LogP contribution in [0.1, 0.15) is 56.0 Å². The maximum atomic E-state index is 6.25. The molecular weight excluding hydrogens is 262 g/mol. The summed E-state index contributed by atoms with van der Waals surface area (Å²) < 4.78 is 4.00. The number of rotatable bonds is 2. The molecule has 1 aliphatic carbocycles. The molecular formula is C16H25N5. The van der Waals surface area contributed by atoms with Gasteiger partial charge in [-0.2, -0.15) is 10.2 Å². The normalized spacial score (nSPS) is 17.1. The Morgan fingerprint density at radius 1 is 1.10 bits per heavy atom. The third-order valence-corrected chi connectivity index (χ3v) is 4.70. The molecule has 0 saturated heterocycles. The number of aryl methyl sites for hydroxylation is 2.